The van der Waals surface area contributed by atoms with Gasteiger partial charge in [0, 0.05) is 34.9 Å². The molecule has 1 aliphatic heterocycles. The molecule has 2 N–H and O–H groups in total. The van der Waals surface area contributed by atoms with E-state index in [9.17, 15) is 0 Å². The Kier molecular flexibility index (Phi) is 4.69. The van der Waals surface area contributed by atoms with Crippen molar-refractivity contribution < 1.29 is 5.32 Å². The predicted octanol–water partition coefficient (Wildman–Crippen LogP) is 7.69. The molecule has 0 bridgehead atoms. The molecule has 1 aliphatic carbocycles. The number of nitrogens with zero attached hydrogens (tertiary/aromatic N) is 2. The standard InChI is InChI=1S/C36H31N3/c1-36(2)27-17-9-7-16-26(27)32-28(36)22-21-25-24-15-8-11-19-30(24)39(34(25)32)35-33(23-13-5-4-6-14-23)38(3)31-20-12-10-18-29(31)37-35/h4-22,33,35,37H,1-3H3/p+1. The van der Waals surface area contributed by atoms with Gasteiger partial charge in [-0.05, 0) is 34.4 Å². The van der Waals surface area contributed by atoms with Crippen LogP contribution in [0.2, 0.25) is 0 Å². The maximum atomic E-state index is 2.66. The van der Waals surface area contributed by atoms with Crippen LogP contribution in [0.1, 0.15) is 42.7 Å². The number of hydrogen-bond acceptors (Lipinski definition) is 1. The molecule has 2 atom stereocenters. The zero-order chi connectivity index (χ0) is 26.3. The third kappa shape index (κ3) is 3.02. The van der Waals surface area contributed by atoms with Gasteiger partial charge in [0.25, 0.3) is 0 Å². The van der Waals surface area contributed by atoms with Gasteiger partial charge in [-0.2, -0.15) is 0 Å². The third-order valence-corrected chi connectivity index (χ3v) is 9.26. The van der Waals surface area contributed by atoms with Crippen molar-refractivity contribution in [3.05, 3.63) is 132 Å². The molecule has 0 amide bonds. The molecular formula is C36H32N3+. The van der Waals surface area contributed by atoms with Gasteiger partial charge in [0.05, 0.1) is 16.7 Å². The van der Waals surface area contributed by atoms with Crippen LogP contribution in [0.25, 0.3) is 32.9 Å². The molecular weight excluding hydrogens is 474 g/mol. The van der Waals surface area contributed by atoms with E-state index >= 15 is 0 Å². The highest BCUT2D eigenvalue weighted by atomic mass is 15.3. The zero-order valence-electron chi connectivity index (χ0n) is 22.6. The fraction of sp³-hybridized carbons (Fsp3) is 0.167. The number of hydrogen-bond donors (Lipinski definition) is 1. The first kappa shape index (κ1) is 22.6. The van der Waals surface area contributed by atoms with E-state index in [1.54, 1.807) is 0 Å². The molecule has 0 saturated carbocycles. The minimum absolute atomic E-state index is 0.0418. The van der Waals surface area contributed by atoms with E-state index in [0.29, 0.717) is 0 Å². The van der Waals surface area contributed by atoms with E-state index < -0.39 is 0 Å². The van der Waals surface area contributed by atoms with Crippen LogP contribution in [0, 0.1) is 0 Å². The second-order valence-electron chi connectivity index (χ2n) is 11.6. The SMILES string of the molecule is CN1c2ccccc2[NH2+]C(n2c3ccccc3c3ccc4c(c32)-c2ccccc2C4(C)C)C1c1ccccc1. The van der Waals surface area contributed by atoms with E-state index in [4.69, 9.17) is 0 Å². The molecule has 190 valence electrons. The van der Waals surface area contributed by atoms with Gasteiger partial charge in [0.2, 0.25) is 0 Å². The van der Waals surface area contributed by atoms with Crippen molar-refractivity contribution in [3.63, 3.8) is 0 Å². The van der Waals surface area contributed by atoms with Gasteiger partial charge < -0.3 is 4.90 Å². The van der Waals surface area contributed by atoms with Gasteiger partial charge in [-0.25, -0.2) is 0 Å². The lowest BCUT2D eigenvalue weighted by Crippen LogP contribution is -2.85. The van der Waals surface area contributed by atoms with Gasteiger partial charge in [0.1, 0.15) is 6.04 Å². The van der Waals surface area contributed by atoms with Crippen molar-refractivity contribution in [3.8, 4) is 11.1 Å². The number of nitrogens with two attached hydrogens (primary N) is 1. The predicted molar refractivity (Wildman–Crippen MR) is 162 cm³/mol. The van der Waals surface area contributed by atoms with E-state index in [1.165, 1.54) is 61.0 Å². The maximum Gasteiger partial charge on any atom is 0.195 e. The minimum Gasteiger partial charge on any atom is -0.355 e. The summed E-state index contributed by atoms with van der Waals surface area (Å²) in [6.07, 6.45) is 0.108. The number of aromatic nitrogens is 1. The molecule has 3 nitrogen and oxygen atoms in total. The van der Waals surface area contributed by atoms with Crippen molar-refractivity contribution in [1.29, 1.82) is 0 Å². The lowest BCUT2D eigenvalue weighted by molar-refractivity contribution is -0.640. The van der Waals surface area contributed by atoms with Crippen LogP contribution in [0.4, 0.5) is 11.4 Å². The Balaban J connectivity index is 1.51. The van der Waals surface area contributed by atoms with Crippen LogP contribution >= 0.6 is 0 Å². The fourth-order valence-corrected chi connectivity index (χ4v) is 7.48. The summed E-state index contributed by atoms with van der Waals surface area (Å²) >= 11 is 0. The van der Waals surface area contributed by atoms with Gasteiger partial charge in [0.15, 0.2) is 11.9 Å². The summed E-state index contributed by atoms with van der Waals surface area (Å²) in [7, 11) is 2.26. The topological polar surface area (TPSA) is 24.8 Å². The van der Waals surface area contributed by atoms with E-state index in [-0.39, 0.29) is 17.6 Å². The lowest BCUT2D eigenvalue weighted by Gasteiger charge is -2.40. The summed E-state index contributed by atoms with van der Waals surface area (Å²) in [5.41, 5.74) is 12.1. The minimum atomic E-state index is -0.0418. The summed E-state index contributed by atoms with van der Waals surface area (Å²) in [5, 5.41) is 5.15. The maximum absolute atomic E-state index is 2.66. The number of anilines is 1. The molecule has 2 unspecified atom stereocenters. The highest BCUT2D eigenvalue weighted by Crippen LogP contribution is 2.53. The molecule has 2 aliphatic rings. The molecule has 5 aromatic carbocycles. The molecule has 0 saturated heterocycles. The monoisotopic (exact) mass is 506 g/mol. The van der Waals surface area contributed by atoms with Crippen LogP contribution < -0.4 is 10.2 Å². The summed E-state index contributed by atoms with van der Waals surface area (Å²) in [4.78, 5) is 2.48. The average Bonchev–Trinajstić information content (AvgIpc) is 3.43. The number of rotatable bonds is 2. The number of likely N-dealkylation sites (N-methyl/N-ethyl adjacent to an activating group) is 1. The number of fused-ring (bicyclic) bond motifs is 8. The van der Waals surface area contributed by atoms with Gasteiger partial charge in [-0.15, -0.1) is 0 Å². The van der Waals surface area contributed by atoms with Crippen LogP contribution in [-0.4, -0.2) is 11.6 Å². The van der Waals surface area contributed by atoms with Gasteiger partial charge in [-0.1, -0.05) is 111 Å². The van der Waals surface area contributed by atoms with Gasteiger partial charge in [-0.3, -0.25) is 9.88 Å². The first-order chi connectivity index (χ1) is 19.1. The van der Waals surface area contributed by atoms with E-state index in [2.05, 4.69) is 151 Å². The molecule has 0 fully saturated rings. The van der Waals surface area contributed by atoms with Crippen molar-refractivity contribution in [1.82, 2.24) is 4.57 Å². The third-order valence-electron chi connectivity index (χ3n) is 9.26. The molecule has 8 rings (SSSR count). The zero-order valence-corrected chi connectivity index (χ0v) is 22.6. The summed E-state index contributed by atoms with van der Waals surface area (Å²) < 4.78 is 2.66. The highest BCUT2D eigenvalue weighted by molar-refractivity contribution is 6.14. The lowest BCUT2D eigenvalue weighted by atomic mass is 9.82. The van der Waals surface area contributed by atoms with Crippen molar-refractivity contribution in [2.24, 2.45) is 0 Å². The fourth-order valence-electron chi connectivity index (χ4n) is 7.48. The average molecular weight is 507 g/mol. The summed E-state index contributed by atoms with van der Waals surface area (Å²) in [6.45, 7) is 4.75. The molecule has 0 radical (unpaired) electrons. The largest absolute Gasteiger partial charge is 0.355 e. The molecule has 3 heteroatoms. The van der Waals surface area contributed by atoms with Crippen LogP contribution in [0.5, 0.6) is 0 Å². The summed E-state index contributed by atoms with van der Waals surface area (Å²) in [5.74, 6) is 0. The van der Waals surface area contributed by atoms with Crippen LogP contribution in [0.15, 0.2) is 115 Å². The van der Waals surface area contributed by atoms with Crippen LogP contribution in [0.3, 0.4) is 0 Å². The van der Waals surface area contributed by atoms with Gasteiger partial charge >= 0.3 is 0 Å². The number of quaternary nitrogens is 1. The molecule has 2 heterocycles. The van der Waals surface area contributed by atoms with Crippen molar-refractivity contribution in [2.75, 3.05) is 11.9 Å². The second-order valence-corrected chi connectivity index (χ2v) is 11.6. The Bertz CT molecular complexity index is 1900. The molecule has 0 spiro atoms. The Morgan fingerprint density at radius 1 is 0.667 bits per heavy atom. The second kappa shape index (κ2) is 8.08. The number of benzene rings is 5. The van der Waals surface area contributed by atoms with E-state index in [0.717, 1.165) is 0 Å². The first-order valence-electron chi connectivity index (χ1n) is 13.9. The van der Waals surface area contributed by atoms with Crippen LogP contribution in [-0.2, 0) is 5.41 Å². The Morgan fingerprint density at radius 2 is 1.38 bits per heavy atom. The first-order valence-corrected chi connectivity index (χ1v) is 13.9. The normalized spacial score (nSPS) is 19.2. The molecule has 39 heavy (non-hydrogen) atoms. The smallest absolute Gasteiger partial charge is 0.195 e. The van der Waals surface area contributed by atoms with E-state index in [1.807, 2.05) is 0 Å². The Morgan fingerprint density at radius 3 is 2.26 bits per heavy atom. The quantitative estimate of drug-likeness (QED) is 0.239. The van der Waals surface area contributed by atoms with Crippen molar-refractivity contribution >= 4 is 33.2 Å². The summed E-state index contributed by atoms with van der Waals surface area (Å²) in [6, 6.07) is 42.7. The molecule has 6 aromatic rings. The van der Waals surface area contributed by atoms with Crippen molar-refractivity contribution in [2.45, 2.75) is 31.5 Å². The number of para-hydroxylation sites is 3. The Labute approximate surface area is 229 Å². The Hall–Kier alpha value is -4.34. The highest BCUT2D eigenvalue weighted by Gasteiger charge is 2.42. The molecule has 1 aromatic heterocycles.